The molecule has 304 valence electrons. The van der Waals surface area contributed by atoms with E-state index < -0.39 is 89.7 Å². The molecule has 4 fully saturated rings. The lowest BCUT2D eigenvalue weighted by atomic mass is 9.76. The molecule has 4 aliphatic rings. The zero-order valence-electron chi connectivity index (χ0n) is 34.5. The van der Waals surface area contributed by atoms with Gasteiger partial charge in [0.15, 0.2) is 12.6 Å². The van der Waals surface area contributed by atoms with Gasteiger partial charge in [0.05, 0.1) is 53.7 Å². The highest BCUT2D eigenvalue weighted by Crippen LogP contribution is 2.48. The van der Waals surface area contributed by atoms with Crippen molar-refractivity contribution in [1.82, 2.24) is 4.90 Å². The number of nitrogens with zero attached hydrogens (tertiary/aromatic N) is 1. The number of hydrogen-bond acceptors (Lipinski definition) is 12. The first kappa shape index (κ1) is 43.8. The molecule has 12 nitrogen and oxygen atoms in total. The third kappa shape index (κ3) is 9.03. The largest absolute Gasteiger partial charge is 0.459 e. The predicted octanol–water partition coefficient (Wildman–Crippen LogP) is 4.82. The van der Waals surface area contributed by atoms with E-state index in [1.165, 1.54) is 6.92 Å². The van der Waals surface area contributed by atoms with Crippen LogP contribution in [-0.4, -0.2) is 131 Å². The molecule has 52 heavy (non-hydrogen) atoms. The van der Waals surface area contributed by atoms with E-state index in [-0.39, 0.29) is 36.6 Å². The van der Waals surface area contributed by atoms with E-state index in [4.69, 9.17) is 33.2 Å². The smallest absolute Gasteiger partial charge is 0.311 e. The predicted molar refractivity (Wildman–Crippen MR) is 196 cm³/mol. The van der Waals surface area contributed by atoms with Gasteiger partial charge in [-0.1, -0.05) is 34.6 Å². The summed E-state index contributed by atoms with van der Waals surface area (Å²) in [7, 11) is 3.72. The van der Waals surface area contributed by atoms with Gasteiger partial charge in [0.1, 0.15) is 17.8 Å². The second-order valence-corrected chi connectivity index (χ2v) is 17.7. The Morgan fingerprint density at radius 1 is 0.942 bits per heavy atom. The fourth-order valence-corrected chi connectivity index (χ4v) is 9.76. The average Bonchev–Trinajstić information content (AvgIpc) is 3.40. The first-order valence-corrected chi connectivity index (χ1v) is 20.0. The number of esters is 1. The molecule has 12 heteroatoms. The molecule has 0 aromatic heterocycles. The van der Waals surface area contributed by atoms with E-state index >= 15 is 0 Å². The Kier molecular flexibility index (Phi) is 14.4. The highest BCUT2D eigenvalue weighted by atomic mass is 16.7. The summed E-state index contributed by atoms with van der Waals surface area (Å²) in [5.41, 5.74) is -3.22. The number of hydrogen-bond donors (Lipinski definition) is 3. The number of cyclic esters (lactones) is 1. The molecule has 0 saturated carbocycles. The summed E-state index contributed by atoms with van der Waals surface area (Å²) in [6.45, 7) is 23.3. The van der Waals surface area contributed by atoms with Crippen LogP contribution in [0.25, 0.3) is 0 Å². The Hall–Kier alpha value is -0.930. The minimum Gasteiger partial charge on any atom is -0.459 e. The highest BCUT2D eigenvalue weighted by Gasteiger charge is 2.58. The van der Waals surface area contributed by atoms with Crippen molar-refractivity contribution in [2.45, 2.75) is 212 Å². The SMILES string of the molecule is CCC(C)N(C)[C@H]1C[C@@H](C)O[C@@H](O[C@@H]2[C@@H](C)[C@H](O[C@H]3C[C@@](C)(OC)C[C@H](C)O3)[C@@H](C)C(=O)O[C@H](CC)[C@@](C)(O)[C@H](O)[C@@H](C)[C@@H]3O[C@]2(C)C[C@H]3C)[C@@H]1O. The Labute approximate surface area is 313 Å². The minimum atomic E-state index is -1.76. The van der Waals surface area contributed by atoms with Crippen molar-refractivity contribution in [2.24, 2.45) is 23.7 Å². The second kappa shape index (κ2) is 17.1. The summed E-state index contributed by atoms with van der Waals surface area (Å²) in [5, 5.41) is 35.5. The first-order chi connectivity index (χ1) is 24.1. The van der Waals surface area contributed by atoms with Crippen molar-refractivity contribution in [3.05, 3.63) is 0 Å². The van der Waals surface area contributed by atoms with E-state index in [0.29, 0.717) is 25.7 Å². The van der Waals surface area contributed by atoms with Crippen LogP contribution in [0.1, 0.15) is 122 Å². The monoisotopic (exact) mass is 744 g/mol. The quantitative estimate of drug-likeness (QED) is 0.279. The topological polar surface area (TPSA) is 146 Å². The average molecular weight is 744 g/mol. The van der Waals surface area contributed by atoms with E-state index in [1.54, 1.807) is 14.0 Å². The summed E-state index contributed by atoms with van der Waals surface area (Å²) in [4.78, 5) is 16.4. The van der Waals surface area contributed by atoms with Crippen LogP contribution in [0.2, 0.25) is 0 Å². The zero-order chi connectivity index (χ0) is 39.1. The lowest BCUT2D eigenvalue weighted by Crippen LogP contribution is -2.60. The third-order valence-electron chi connectivity index (χ3n) is 13.3. The van der Waals surface area contributed by atoms with Gasteiger partial charge in [0, 0.05) is 43.9 Å². The number of carbonyl (C=O) groups is 1. The second-order valence-electron chi connectivity index (χ2n) is 17.7. The number of fused-ring (bicyclic) bond motifs is 2. The molecule has 1 unspecified atom stereocenters. The molecule has 4 saturated heterocycles. The molecule has 0 aromatic rings. The maximum absolute atomic E-state index is 14.2. The number of rotatable bonds is 9. The molecule has 4 aliphatic heterocycles. The number of carbonyl (C=O) groups excluding carboxylic acids is 1. The van der Waals surface area contributed by atoms with Gasteiger partial charge in [-0.3, -0.25) is 9.69 Å². The minimum absolute atomic E-state index is 0.0311. The summed E-state index contributed by atoms with van der Waals surface area (Å²) >= 11 is 0. The summed E-state index contributed by atoms with van der Waals surface area (Å²) in [6, 6.07) is 0.0374. The molecule has 0 aliphatic carbocycles. The van der Waals surface area contributed by atoms with Crippen LogP contribution >= 0.6 is 0 Å². The van der Waals surface area contributed by atoms with Gasteiger partial charge in [-0.05, 0) is 87.1 Å². The van der Waals surface area contributed by atoms with Crippen LogP contribution in [0.5, 0.6) is 0 Å². The van der Waals surface area contributed by atoms with Crippen molar-refractivity contribution in [1.29, 1.82) is 0 Å². The van der Waals surface area contributed by atoms with Crippen LogP contribution in [0, 0.1) is 23.7 Å². The number of ether oxygens (including phenoxy) is 7. The number of likely N-dealkylation sites (N-methyl/N-ethyl adjacent to an activating group) is 1. The van der Waals surface area contributed by atoms with Crippen molar-refractivity contribution in [3.8, 4) is 0 Å². The van der Waals surface area contributed by atoms with Crippen LogP contribution in [-0.2, 0) is 38.0 Å². The number of aliphatic hydroxyl groups excluding tert-OH is 2. The van der Waals surface area contributed by atoms with Gasteiger partial charge < -0.3 is 48.5 Å². The molecule has 2 bridgehead atoms. The van der Waals surface area contributed by atoms with E-state index in [0.717, 1.165) is 6.42 Å². The van der Waals surface area contributed by atoms with Gasteiger partial charge in [-0.25, -0.2) is 0 Å². The maximum atomic E-state index is 14.2. The van der Waals surface area contributed by atoms with Crippen LogP contribution < -0.4 is 0 Å². The summed E-state index contributed by atoms with van der Waals surface area (Å²) < 4.78 is 45.7. The normalized spacial score (nSPS) is 50.2. The maximum Gasteiger partial charge on any atom is 0.311 e. The first-order valence-electron chi connectivity index (χ1n) is 20.0. The van der Waals surface area contributed by atoms with Gasteiger partial charge in [0.2, 0.25) is 0 Å². The van der Waals surface area contributed by atoms with E-state index in [9.17, 15) is 20.1 Å². The number of methoxy groups -OCH3 is 1. The van der Waals surface area contributed by atoms with E-state index in [2.05, 4.69) is 25.7 Å². The Bertz CT molecular complexity index is 1170. The molecule has 0 amide bonds. The molecule has 3 N–H and O–H groups in total. The van der Waals surface area contributed by atoms with Crippen molar-refractivity contribution in [3.63, 3.8) is 0 Å². The molecular weight excluding hydrogens is 670 g/mol. The standard InChI is InChI=1S/C40H73NO11/c1-15-22(4)41(13)28-17-23(5)48-37(31(28)42)51-35-26(8)33(50-30-20-38(10,46-14)19-24(6)47-30)27(9)36(44)49-29(16-2)40(12,45)34(43)25(7)32-21(3)18-39(35,11)52-32/h21-35,37,42-43,45H,15-20H2,1-14H3/t21-,22?,23-,24+,25+,26+,27-,28+,29-,30+,31-,32-,33+,34-,35-,37+,38+,39-,40-/m1/s1. The van der Waals surface area contributed by atoms with Gasteiger partial charge in [0.25, 0.3) is 0 Å². The van der Waals surface area contributed by atoms with Gasteiger partial charge >= 0.3 is 5.97 Å². The lowest BCUT2D eigenvalue weighted by molar-refractivity contribution is -0.312. The Morgan fingerprint density at radius 3 is 2.19 bits per heavy atom. The number of aliphatic hydroxyl groups is 3. The van der Waals surface area contributed by atoms with Crippen LogP contribution in [0.15, 0.2) is 0 Å². The van der Waals surface area contributed by atoms with Gasteiger partial charge in [-0.15, -0.1) is 0 Å². The highest BCUT2D eigenvalue weighted by molar-refractivity contribution is 5.73. The van der Waals surface area contributed by atoms with Crippen LogP contribution in [0.3, 0.4) is 0 Å². The molecule has 4 rings (SSSR count). The van der Waals surface area contributed by atoms with Gasteiger partial charge in [-0.2, -0.15) is 0 Å². The fourth-order valence-electron chi connectivity index (χ4n) is 9.76. The molecule has 0 spiro atoms. The molecule has 4 heterocycles. The van der Waals surface area contributed by atoms with Crippen molar-refractivity contribution >= 4 is 5.97 Å². The Morgan fingerprint density at radius 2 is 1.60 bits per heavy atom. The zero-order valence-corrected chi connectivity index (χ0v) is 34.5. The van der Waals surface area contributed by atoms with Crippen LogP contribution in [0.4, 0.5) is 0 Å². The Balaban J connectivity index is 1.83. The molecule has 0 aromatic carbocycles. The third-order valence-corrected chi connectivity index (χ3v) is 13.3. The fraction of sp³-hybridized carbons (Fsp3) is 0.975. The van der Waals surface area contributed by atoms with Crippen molar-refractivity contribution in [2.75, 3.05) is 14.2 Å². The molecule has 0 radical (unpaired) electrons. The molecule has 19 atom stereocenters. The lowest BCUT2D eigenvalue weighted by Gasteiger charge is -2.49. The van der Waals surface area contributed by atoms with E-state index in [1.807, 2.05) is 55.5 Å². The molecular formula is C40H73NO11. The summed E-state index contributed by atoms with van der Waals surface area (Å²) in [5.74, 6) is -2.49. The summed E-state index contributed by atoms with van der Waals surface area (Å²) in [6.07, 6.45) is -3.71. The van der Waals surface area contributed by atoms with Crippen molar-refractivity contribution < 1.29 is 53.3 Å².